The van der Waals surface area contributed by atoms with E-state index in [-0.39, 0.29) is 16.5 Å². The third-order valence-electron chi connectivity index (χ3n) is 8.51. The molecule has 0 saturated carbocycles. The molecule has 5 aromatic rings. The van der Waals surface area contributed by atoms with Crippen LogP contribution in [-0.4, -0.2) is 15.6 Å². The third kappa shape index (κ3) is 3.93. The maximum Gasteiger partial charge on any atom is 0.273 e. The van der Waals surface area contributed by atoms with Crippen molar-refractivity contribution in [2.45, 2.75) is 12.3 Å². The van der Waals surface area contributed by atoms with E-state index in [9.17, 15) is 10.1 Å². The van der Waals surface area contributed by atoms with Gasteiger partial charge in [-0.2, -0.15) is 0 Å². The average Bonchev–Trinajstić information content (AvgIpc) is 3.43. The zero-order valence-corrected chi connectivity index (χ0v) is 23.0. The molecule has 2 heterocycles. The largest absolute Gasteiger partial charge is 0.273 e. The van der Waals surface area contributed by atoms with Crippen LogP contribution in [0, 0.1) is 23.0 Å². The zero-order valence-electron chi connectivity index (χ0n) is 23.0. The van der Waals surface area contributed by atoms with Crippen LogP contribution < -0.4 is 0 Å². The summed E-state index contributed by atoms with van der Waals surface area (Å²) in [5.41, 5.74) is 8.97. The highest BCUT2D eigenvalue weighted by Gasteiger charge is 2.48. The van der Waals surface area contributed by atoms with Crippen molar-refractivity contribution in [1.82, 2.24) is 4.98 Å². The lowest BCUT2D eigenvalue weighted by molar-refractivity contribution is -0.385. The molecule has 1 atom stereocenters. The quantitative estimate of drug-likeness (QED) is 0.122. The van der Waals surface area contributed by atoms with Crippen molar-refractivity contribution < 1.29 is 4.92 Å². The first-order valence-electron chi connectivity index (χ1n) is 14.0. The molecule has 1 aliphatic heterocycles. The zero-order chi connectivity index (χ0) is 28.7. The molecule has 4 aromatic carbocycles. The third-order valence-corrected chi connectivity index (χ3v) is 8.51. The summed E-state index contributed by atoms with van der Waals surface area (Å²) in [4.78, 5) is 21.2. The second kappa shape index (κ2) is 10.2. The van der Waals surface area contributed by atoms with E-state index in [1.54, 1.807) is 24.5 Å². The van der Waals surface area contributed by atoms with Gasteiger partial charge in [0.05, 0.1) is 21.7 Å². The Kier molecular flexibility index (Phi) is 6.20. The molecular formula is C37H27N3O2. The number of hydrogen-bond donors (Lipinski definition) is 0. The minimum Gasteiger partial charge on any atom is -0.265 e. The van der Waals surface area contributed by atoms with Crippen LogP contribution in [0.4, 0.5) is 11.4 Å². The van der Waals surface area contributed by atoms with Gasteiger partial charge in [-0.1, -0.05) is 97.1 Å². The van der Waals surface area contributed by atoms with Gasteiger partial charge in [-0.05, 0) is 59.0 Å². The Morgan fingerprint density at radius 2 is 1.29 bits per heavy atom. The molecule has 0 radical (unpaired) electrons. The van der Waals surface area contributed by atoms with Crippen LogP contribution in [0.5, 0.6) is 0 Å². The number of nitrogens with zero attached hydrogens (tertiary/aromatic N) is 3. The van der Waals surface area contributed by atoms with E-state index >= 15 is 0 Å². The van der Waals surface area contributed by atoms with E-state index in [4.69, 9.17) is 4.99 Å². The summed E-state index contributed by atoms with van der Waals surface area (Å²) in [6, 6.07) is 39.2. The van der Waals surface area contributed by atoms with Crippen LogP contribution in [0.1, 0.15) is 33.4 Å². The maximum atomic E-state index is 12.0. The van der Waals surface area contributed by atoms with Crippen molar-refractivity contribution in [2.75, 3.05) is 0 Å². The van der Waals surface area contributed by atoms with Crippen molar-refractivity contribution >= 4 is 28.2 Å². The van der Waals surface area contributed by atoms with Gasteiger partial charge in [0.15, 0.2) is 0 Å². The van der Waals surface area contributed by atoms with Gasteiger partial charge in [-0.25, -0.2) is 0 Å². The average molecular weight is 546 g/mol. The molecular weight excluding hydrogens is 518 g/mol. The van der Waals surface area contributed by atoms with E-state index < -0.39 is 5.41 Å². The van der Waals surface area contributed by atoms with Crippen molar-refractivity contribution in [3.63, 3.8) is 0 Å². The van der Waals surface area contributed by atoms with E-state index in [2.05, 4.69) is 89.9 Å². The molecule has 2 aliphatic rings. The minimum absolute atomic E-state index is 0.100. The van der Waals surface area contributed by atoms with Crippen LogP contribution in [0.15, 0.2) is 145 Å². The van der Waals surface area contributed by atoms with Crippen LogP contribution in [0.2, 0.25) is 0 Å². The number of aromatic nitrogens is 1. The number of fused-ring (bicyclic) bond motifs is 3. The summed E-state index contributed by atoms with van der Waals surface area (Å²) in [6.45, 7) is 1.83. The lowest BCUT2D eigenvalue weighted by Gasteiger charge is -2.43. The molecule has 1 aromatic heterocycles. The monoisotopic (exact) mass is 545 g/mol. The van der Waals surface area contributed by atoms with Crippen LogP contribution in [0.25, 0.3) is 11.1 Å². The summed E-state index contributed by atoms with van der Waals surface area (Å²) in [7, 11) is 0. The first-order chi connectivity index (χ1) is 20.6. The van der Waals surface area contributed by atoms with Gasteiger partial charge < -0.3 is 0 Å². The summed E-state index contributed by atoms with van der Waals surface area (Å²) in [5, 5.41) is 12.0. The van der Waals surface area contributed by atoms with Gasteiger partial charge in [0.25, 0.3) is 5.69 Å². The number of aliphatic imine (C=N–C) groups is 1. The summed E-state index contributed by atoms with van der Waals surface area (Å²) in [6.07, 6.45) is 8.05. The predicted octanol–water partition coefficient (Wildman–Crippen LogP) is 8.52. The Morgan fingerprint density at radius 1 is 0.738 bits per heavy atom. The van der Waals surface area contributed by atoms with E-state index in [1.165, 1.54) is 0 Å². The Bertz CT molecular complexity index is 1800. The molecule has 1 aliphatic carbocycles. The second-order valence-corrected chi connectivity index (χ2v) is 10.7. The number of nitro groups is 1. The number of hydrogen-bond acceptors (Lipinski definition) is 4. The summed E-state index contributed by atoms with van der Waals surface area (Å²) >= 11 is 0. The van der Waals surface area contributed by atoms with Gasteiger partial charge >= 0.3 is 0 Å². The van der Waals surface area contributed by atoms with Gasteiger partial charge in [0, 0.05) is 41.1 Å². The number of nitro benzene ring substituents is 1. The SMILES string of the molecule is Cc1c([N+](=O)[O-])ccc2c1C1=CC(c3ccncc3)=CC(C(c3ccccc3)(c3ccccc3)c3ccccc3)C1=N2. The molecule has 0 bridgehead atoms. The summed E-state index contributed by atoms with van der Waals surface area (Å²) in [5.74, 6) is -0.237. The predicted molar refractivity (Wildman–Crippen MR) is 168 cm³/mol. The smallest absolute Gasteiger partial charge is 0.265 e. The number of rotatable bonds is 6. The molecule has 7 rings (SSSR count). The van der Waals surface area contributed by atoms with E-state index in [0.29, 0.717) is 5.56 Å². The van der Waals surface area contributed by atoms with Gasteiger partial charge in [0.2, 0.25) is 0 Å². The molecule has 5 heteroatoms. The standard InChI is InChI=1S/C37H27N3O2/c1-25-34(40(41)42)18-17-33-35(25)31-23-27(26-19-21-38-22-20-26)24-32(36(31)39-33)37(28-11-5-2-6-12-28,29-13-7-3-8-14-29)30-15-9-4-10-16-30/h2-24,32H,1H3. The fourth-order valence-corrected chi connectivity index (χ4v) is 6.68. The molecule has 0 fully saturated rings. The van der Waals surface area contributed by atoms with Gasteiger partial charge in [-0.3, -0.25) is 20.1 Å². The lowest BCUT2D eigenvalue weighted by atomic mass is 9.58. The number of benzene rings is 4. The van der Waals surface area contributed by atoms with Crippen molar-refractivity contribution in [3.05, 3.63) is 183 Å². The van der Waals surface area contributed by atoms with Crippen LogP contribution in [-0.2, 0) is 5.41 Å². The fourth-order valence-electron chi connectivity index (χ4n) is 6.68. The van der Waals surface area contributed by atoms with Crippen molar-refractivity contribution in [3.8, 4) is 0 Å². The Labute approximate surface area is 244 Å². The van der Waals surface area contributed by atoms with E-state index in [1.807, 2.05) is 37.3 Å². The first-order valence-corrected chi connectivity index (χ1v) is 14.0. The Balaban J connectivity index is 1.59. The fraction of sp³-hybridized carbons (Fsp3) is 0.0811. The van der Waals surface area contributed by atoms with E-state index in [0.717, 1.165) is 50.4 Å². The summed E-state index contributed by atoms with van der Waals surface area (Å²) < 4.78 is 0. The highest BCUT2D eigenvalue weighted by atomic mass is 16.6. The molecule has 5 nitrogen and oxygen atoms in total. The van der Waals surface area contributed by atoms with Crippen molar-refractivity contribution in [1.29, 1.82) is 0 Å². The lowest BCUT2D eigenvalue weighted by Crippen LogP contribution is -2.42. The molecule has 202 valence electrons. The Morgan fingerprint density at radius 3 is 1.81 bits per heavy atom. The number of pyridine rings is 1. The molecule has 1 unspecified atom stereocenters. The molecule has 0 amide bonds. The highest BCUT2D eigenvalue weighted by molar-refractivity contribution is 6.34. The van der Waals surface area contributed by atoms with Crippen LogP contribution >= 0.6 is 0 Å². The Hall–Kier alpha value is -5.42. The molecule has 42 heavy (non-hydrogen) atoms. The van der Waals surface area contributed by atoms with Crippen molar-refractivity contribution in [2.24, 2.45) is 10.9 Å². The van der Waals surface area contributed by atoms with Crippen LogP contribution in [0.3, 0.4) is 0 Å². The second-order valence-electron chi connectivity index (χ2n) is 10.7. The first kappa shape index (κ1) is 25.5. The molecule has 0 N–H and O–H groups in total. The maximum absolute atomic E-state index is 12.0. The number of allylic oxidation sites excluding steroid dienone is 4. The molecule has 0 spiro atoms. The topological polar surface area (TPSA) is 68.4 Å². The van der Waals surface area contributed by atoms with Gasteiger partial charge in [-0.15, -0.1) is 0 Å². The highest BCUT2D eigenvalue weighted by Crippen LogP contribution is 2.54. The minimum atomic E-state index is -0.651. The normalized spacial score (nSPS) is 15.6. The molecule has 0 saturated heterocycles. The van der Waals surface area contributed by atoms with Gasteiger partial charge in [0.1, 0.15) is 0 Å².